The van der Waals surface area contributed by atoms with Gasteiger partial charge in [-0.2, -0.15) is 0 Å². The van der Waals surface area contributed by atoms with Gasteiger partial charge in [0, 0.05) is 37.6 Å². The van der Waals surface area contributed by atoms with Gasteiger partial charge in [-0.3, -0.25) is 0 Å². The minimum absolute atomic E-state index is 0.738. The molecule has 4 rings (SSSR count). The summed E-state index contributed by atoms with van der Waals surface area (Å²) in [5.74, 6) is 2.05. The SMILES string of the molecule is c1cn(C2CC2)c(N2CCCC(C3CCCN3)C2)n1. The fraction of sp³-hybridized carbons (Fsp3) is 0.800. The predicted molar refractivity (Wildman–Crippen MR) is 76.5 cm³/mol. The molecule has 1 saturated carbocycles. The third kappa shape index (κ3) is 2.27. The van der Waals surface area contributed by atoms with Crippen LogP contribution in [0.2, 0.25) is 0 Å². The molecule has 1 aromatic rings. The zero-order valence-corrected chi connectivity index (χ0v) is 11.6. The molecule has 3 heterocycles. The van der Waals surface area contributed by atoms with E-state index in [2.05, 4.69) is 26.0 Å². The standard InChI is InChI=1S/C15H24N4/c1-4-14(16-7-1)12-3-2-9-18(11-12)15-17-8-10-19(15)13-5-6-13/h8,10,12-14,16H,1-7,9,11H2. The van der Waals surface area contributed by atoms with Gasteiger partial charge in [-0.05, 0) is 51.0 Å². The van der Waals surface area contributed by atoms with Crippen molar-refractivity contribution in [2.24, 2.45) is 5.92 Å². The average molecular weight is 260 g/mol. The molecule has 2 aliphatic heterocycles. The van der Waals surface area contributed by atoms with Gasteiger partial charge in [0.25, 0.3) is 0 Å². The number of anilines is 1. The Hall–Kier alpha value is -1.03. The highest BCUT2D eigenvalue weighted by Gasteiger charge is 2.32. The van der Waals surface area contributed by atoms with Crippen molar-refractivity contribution in [3.05, 3.63) is 12.4 Å². The molecule has 1 aromatic heterocycles. The minimum Gasteiger partial charge on any atom is -0.342 e. The molecule has 0 amide bonds. The molecule has 0 spiro atoms. The van der Waals surface area contributed by atoms with E-state index in [-0.39, 0.29) is 0 Å². The number of nitrogens with zero attached hydrogens (tertiary/aromatic N) is 3. The normalized spacial score (nSPS) is 31.9. The maximum atomic E-state index is 4.63. The Bertz CT molecular complexity index is 431. The first-order valence-electron chi connectivity index (χ1n) is 7.93. The molecule has 3 fully saturated rings. The van der Waals surface area contributed by atoms with E-state index in [9.17, 15) is 0 Å². The molecule has 2 saturated heterocycles. The van der Waals surface area contributed by atoms with Crippen LogP contribution >= 0.6 is 0 Å². The van der Waals surface area contributed by atoms with Crippen molar-refractivity contribution in [2.45, 2.75) is 50.6 Å². The Labute approximate surface area is 115 Å². The van der Waals surface area contributed by atoms with Gasteiger partial charge in [-0.1, -0.05) is 0 Å². The second-order valence-corrected chi connectivity index (χ2v) is 6.42. The maximum absolute atomic E-state index is 4.63. The minimum atomic E-state index is 0.738. The van der Waals surface area contributed by atoms with Crippen molar-refractivity contribution in [2.75, 3.05) is 24.5 Å². The van der Waals surface area contributed by atoms with Crippen molar-refractivity contribution in [1.82, 2.24) is 14.9 Å². The van der Waals surface area contributed by atoms with Gasteiger partial charge in [0.1, 0.15) is 0 Å². The van der Waals surface area contributed by atoms with E-state index in [1.165, 1.54) is 64.1 Å². The van der Waals surface area contributed by atoms with Crippen molar-refractivity contribution in [1.29, 1.82) is 0 Å². The Kier molecular flexibility index (Phi) is 2.98. The number of rotatable bonds is 3. The molecule has 19 heavy (non-hydrogen) atoms. The van der Waals surface area contributed by atoms with Gasteiger partial charge in [-0.25, -0.2) is 4.98 Å². The fourth-order valence-corrected chi connectivity index (χ4v) is 3.82. The fourth-order valence-electron chi connectivity index (χ4n) is 3.82. The summed E-state index contributed by atoms with van der Waals surface area (Å²) >= 11 is 0. The lowest BCUT2D eigenvalue weighted by Gasteiger charge is -2.36. The lowest BCUT2D eigenvalue weighted by atomic mass is 9.90. The highest BCUT2D eigenvalue weighted by molar-refractivity contribution is 5.33. The maximum Gasteiger partial charge on any atom is 0.205 e. The Balaban J connectivity index is 1.49. The molecule has 4 nitrogen and oxygen atoms in total. The van der Waals surface area contributed by atoms with E-state index in [1.807, 2.05) is 6.20 Å². The Morgan fingerprint density at radius 1 is 1.16 bits per heavy atom. The number of imidazole rings is 1. The molecule has 1 N–H and O–H groups in total. The lowest BCUT2D eigenvalue weighted by Crippen LogP contribution is -2.44. The van der Waals surface area contributed by atoms with Crippen LogP contribution < -0.4 is 10.2 Å². The zero-order chi connectivity index (χ0) is 12.7. The third-order valence-electron chi connectivity index (χ3n) is 5.00. The Morgan fingerprint density at radius 3 is 2.89 bits per heavy atom. The summed E-state index contributed by atoms with van der Waals surface area (Å²) in [5.41, 5.74) is 0. The van der Waals surface area contributed by atoms with E-state index in [1.54, 1.807) is 0 Å². The van der Waals surface area contributed by atoms with Crippen LogP contribution in [-0.4, -0.2) is 35.2 Å². The van der Waals surface area contributed by atoms with Crippen molar-refractivity contribution in [3.8, 4) is 0 Å². The number of aromatic nitrogens is 2. The summed E-state index contributed by atoms with van der Waals surface area (Å²) in [5, 5.41) is 3.69. The molecule has 104 valence electrons. The first-order valence-corrected chi connectivity index (χ1v) is 7.93. The molecule has 3 aliphatic rings. The quantitative estimate of drug-likeness (QED) is 0.904. The number of hydrogen-bond acceptors (Lipinski definition) is 3. The van der Waals surface area contributed by atoms with Crippen molar-refractivity contribution < 1.29 is 0 Å². The van der Waals surface area contributed by atoms with Gasteiger partial charge >= 0.3 is 0 Å². The van der Waals surface area contributed by atoms with Crippen LogP contribution in [0.3, 0.4) is 0 Å². The van der Waals surface area contributed by atoms with Crippen LogP contribution in [-0.2, 0) is 0 Å². The summed E-state index contributed by atoms with van der Waals surface area (Å²) in [6.45, 7) is 3.60. The zero-order valence-electron chi connectivity index (χ0n) is 11.6. The van der Waals surface area contributed by atoms with Crippen molar-refractivity contribution in [3.63, 3.8) is 0 Å². The topological polar surface area (TPSA) is 33.1 Å². The van der Waals surface area contributed by atoms with Crippen LogP contribution in [0.15, 0.2) is 12.4 Å². The lowest BCUT2D eigenvalue weighted by molar-refractivity contribution is 0.325. The second-order valence-electron chi connectivity index (χ2n) is 6.42. The molecule has 0 radical (unpaired) electrons. The Morgan fingerprint density at radius 2 is 2.11 bits per heavy atom. The van der Waals surface area contributed by atoms with Crippen molar-refractivity contribution >= 4 is 5.95 Å². The van der Waals surface area contributed by atoms with E-state index in [0.717, 1.165) is 18.0 Å². The molecule has 1 aliphatic carbocycles. The van der Waals surface area contributed by atoms with Gasteiger partial charge in [0.2, 0.25) is 5.95 Å². The highest BCUT2D eigenvalue weighted by Crippen LogP contribution is 2.38. The van der Waals surface area contributed by atoms with Crippen LogP contribution in [0.4, 0.5) is 5.95 Å². The molecule has 0 aromatic carbocycles. The van der Waals surface area contributed by atoms with E-state index in [0.29, 0.717) is 0 Å². The number of hydrogen-bond donors (Lipinski definition) is 1. The molecular weight excluding hydrogens is 236 g/mol. The van der Waals surface area contributed by atoms with Gasteiger partial charge < -0.3 is 14.8 Å². The smallest absolute Gasteiger partial charge is 0.205 e. The first kappa shape index (κ1) is 11.8. The van der Waals surface area contributed by atoms with Crippen LogP contribution in [0, 0.1) is 5.92 Å². The van der Waals surface area contributed by atoms with Gasteiger partial charge in [-0.15, -0.1) is 0 Å². The number of piperidine rings is 1. The first-order chi connectivity index (χ1) is 9.42. The van der Waals surface area contributed by atoms with E-state index >= 15 is 0 Å². The average Bonchev–Trinajstić information content (AvgIpc) is 2.97. The monoisotopic (exact) mass is 260 g/mol. The third-order valence-corrected chi connectivity index (χ3v) is 5.00. The molecular formula is C15H24N4. The molecule has 2 unspecified atom stereocenters. The highest BCUT2D eigenvalue weighted by atomic mass is 15.3. The van der Waals surface area contributed by atoms with Crippen LogP contribution in [0.5, 0.6) is 0 Å². The largest absolute Gasteiger partial charge is 0.342 e. The summed E-state index contributed by atoms with van der Waals surface area (Å²) in [4.78, 5) is 7.16. The summed E-state index contributed by atoms with van der Waals surface area (Å²) in [6, 6.07) is 1.50. The van der Waals surface area contributed by atoms with Crippen LogP contribution in [0.1, 0.15) is 44.6 Å². The van der Waals surface area contributed by atoms with Gasteiger partial charge in [0.05, 0.1) is 0 Å². The second kappa shape index (κ2) is 4.82. The predicted octanol–water partition coefficient (Wildman–Crippen LogP) is 2.19. The summed E-state index contributed by atoms with van der Waals surface area (Å²) < 4.78 is 2.41. The summed E-state index contributed by atoms with van der Waals surface area (Å²) in [7, 11) is 0. The molecule has 4 heteroatoms. The van der Waals surface area contributed by atoms with Gasteiger partial charge in [0.15, 0.2) is 0 Å². The van der Waals surface area contributed by atoms with E-state index in [4.69, 9.17) is 0 Å². The summed E-state index contributed by atoms with van der Waals surface area (Å²) in [6.07, 6.45) is 12.3. The number of nitrogens with one attached hydrogen (secondary N) is 1. The molecule has 0 bridgehead atoms. The van der Waals surface area contributed by atoms with E-state index < -0.39 is 0 Å². The molecule has 2 atom stereocenters. The van der Waals surface area contributed by atoms with Crippen LogP contribution in [0.25, 0.3) is 0 Å².